The van der Waals surface area contributed by atoms with E-state index in [1.807, 2.05) is 4.72 Å². The van der Waals surface area contributed by atoms with Crippen LogP contribution in [-0.4, -0.2) is 55.5 Å². The van der Waals surface area contributed by atoms with Gasteiger partial charge in [-0.1, -0.05) is 42.3 Å². The second-order valence-electron chi connectivity index (χ2n) is 6.88. The Morgan fingerprint density at radius 3 is 2.68 bits per heavy atom. The van der Waals surface area contributed by atoms with Gasteiger partial charge in [-0.25, -0.2) is 17.9 Å². The number of hydrogen-bond donors (Lipinski definition) is 3. The summed E-state index contributed by atoms with van der Waals surface area (Å²) in [6, 6.07) is 3.46. The summed E-state index contributed by atoms with van der Waals surface area (Å²) in [5, 5.41) is 14.3. The summed E-state index contributed by atoms with van der Waals surface area (Å²) in [7, 11) is -0.909. The van der Waals surface area contributed by atoms with E-state index in [1.165, 1.54) is 23.9 Å². The lowest BCUT2D eigenvalue weighted by Gasteiger charge is -2.31. The number of nitrogens with zero attached hydrogens (tertiary/aromatic N) is 2. The van der Waals surface area contributed by atoms with E-state index in [0.717, 1.165) is 25.7 Å². The van der Waals surface area contributed by atoms with Gasteiger partial charge in [-0.05, 0) is 25.0 Å². The highest BCUT2D eigenvalue weighted by Crippen LogP contribution is 2.39. The molecule has 1 saturated heterocycles. The highest BCUT2D eigenvalue weighted by molar-refractivity contribution is 8.14. The quantitative estimate of drug-likeness (QED) is 0.653. The lowest BCUT2D eigenvalue weighted by molar-refractivity contribution is -0.0349. The summed E-state index contributed by atoms with van der Waals surface area (Å²) in [5.41, 5.74) is -1.08. The van der Waals surface area contributed by atoms with Crippen LogP contribution >= 0.6 is 23.4 Å². The van der Waals surface area contributed by atoms with Crippen molar-refractivity contribution in [3.63, 3.8) is 0 Å². The molecular formula is C17H23ClN4O4S2. The molecule has 2 amide bonds. The molecule has 2 fully saturated rings. The second-order valence-corrected chi connectivity index (χ2v) is 9.88. The van der Waals surface area contributed by atoms with Gasteiger partial charge in [0.15, 0.2) is 10.9 Å². The van der Waals surface area contributed by atoms with Gasteiger partial charge in [0.1, 0.15) is 4.90 Å². The number of sulfonamides is 1. The largest absolute Gasteiger partial charge is 0.366 e. The maximum absolute atomic E-state index is 12.7. The van der Waals surface area contributed by atoms with Crippen LogP contribution in [0.5, 0.6) is 0 Å². The molecule has 1 aromatic carbocycles. The zero-order chi connectivity index (χ0) is 20.5. The van der Waals surface area contributed by atoms with E-state index in [2.05, 4.69) is 10.3 Å². The number of amidine groups is 1. The van der Waals surface area contributed by atoms with Crippen LogP contribution < -0.4 is 10.0 Å². The zero-order valence-corrected chi connectivity index (χ0v) is 18.0. The van der Waals surface area contributed by atoms with Crippen LogP contribution in [0.1, 0.15) is 31.2 Å². The number of thioether (sulfide) groups is 1. The van der Waals surface area contributed by atoms with E-state index in [9.17, 15) is 18.3 Å². The number of aliphatic imine (C=N–C) groups is 1. The molecular weight excluding hydrogens is 424 g/mol. The van der Waals surface area contributed by atoms with Crippen molar-refractivity contribution in [2.45, 2.75) is 42.3 Å². The van der Waals surface area contributed by atoms with E-state index in [1.54, 1.807) is 25.1 Å². The molecule has 0 aromatic heterocycles. The van der Waals surface area contributed by atoms with E-state index in [0.29, 0.717) is 10.7 Å². The minimum absolute atomic E-state index is 0.0198. The third-order valence-corrected chi connectivity index (χ3v) is 8.11. The lowest BCUT2D eigenvalue weighted by Crippen LogP contribution is -2.44. The third-order valence-electron chi connectivity index (χ3n) is 5.04. The Morgan fingerprint density at radius 2 is 2.07 bits per heavy atom. The Morgan fingerprint density at radius 1 is 1.39 bits per heavy atom. The maximum Gasteiger partial charge on any atom is 0.328 e. The van der Waals surface area contributed by atoms with Crippen LogP contribution in [0.25, 0.3) is 0 Å². The molecule has 3 rings (SSSR count). The van der Waals surface area contributed by atoms with Crippen molar-refractivity contribution in [2.75, 3.05) is 19.8 Å². The number of aliphatic hydroxyl groups is 1. The van der Waals surface area contributed by atoms with Gasteiger partial charge in [0, 0.05) is 25.7 Å². The first kappa shape index (κ1) is 21.2. The van der Waals surface area contributed by atoms with Gasteiger partial charge in [-0.2, -0.15) is 0 Å². The van der Waals surface area contributed by atoms with Crippen LogP contribution in [0.4, 0.5) is 4.79 Å². The molecule has 1 aliphatic carbocycles. The number of hydrogen-bond acceptors (Lipinski definition) is 6. The number of carbonyl (C=O) groups is 1. The Hall–Kier alpha value is -1.49. The fourth-order valence-electron chi connectivity index (χ4n) is 3.43. The molecule has 11 heteroatoms. The summed E-state index contributed by atoms with van der Waals surface area (Å²) in [5.74, 6) is 0.285. The topological polar surface area (TPSA) is 111 Å². The number of nitrogens with one attached hydrogen (secondary N) is 2. The van der Waals surface area contributed by atoms with Gasteiger partial charge in [0.25, 0.3) is 10.0 Å². The second kappa shape index (κ2) is 8.10. The van der Waals surface area contributed by atoms with Crippen molar-refractivity contribution < 1.29 is 18.3 Å². The summed E-state index contributed by atoms with van der Waals surface area (Å²) < 4.78 is 27.5. The molecule has 2 aliphatic rings. The van der Waals surface area contributed by atoms with E-state index < -0.39 is 21.8 Å². The average Bonchev–Trinajstić information content (AvgIpc) is 3.23. The van der Waals surface area contributed by atoms with Crippen molar-refractivity contribution in [1.29, 1.82) is 0 Å². The number of halogens is 1. The summed E-state index contributed by atoms with van der Waals surface area (Å²) in [6.07, 6.45) is 3.70. The predicted molar refractivity (Wildman–Crippen MR) is 110 cm³/mol. The first-order valence-corrected chi connectivity index (χ1v) is 11.7. The molecule has 1 unspecified atom stereocenters. The van der Waals surface area contributed by atoms with Gasteiger partial charge in [-0.3, -0.25) is 4.99 Å². The number of rotatable bonds is 4. The molecule has 1 atom stereocenters. The lowest BCUT2D eigenvalue weighted by atomic mass is 10.0. The molecule has 1 saturated carbocycles. The SMILES string of the molecule is CN=C1SCC(O)(c2ccc(Cl)c(S(=O)(=O)NC(=O)NC3CCCC3)c2)N1C. The first-order chi connectivity index (χ1) is 13.2. The Labute approximate surface area is 173 Å². The highest BCUT2D eigenvalue weighted by atomic mass is 35.5. The van der Waals surface area contributed by atoms with Gasteiger partial charge in [0.05, 0.1) is 10.8 Å². The van der Waals surface area contributed by atoms with E-state index >= 15 is 0 Å². The summed E-state index contributed by atoms with van der Waals surface area (Å²) in [4.78, 5) is 17.5. The van der Waals surface area contributed by atoms with Gasteiger partial charge in [-0.15, -0.1) is 0 Å². The predicted octanol–water partition coefficient (Wildman–Crippen LogP) is 2.08. The smallest absolute Gasteiger partial charge is 0.328 e. The molecule has 0 radical (unpaired) electrons. The van der Waals surface area contributed by atoms with E-state index in [4.69, 9.17) is 11.6 Å². The fourth-order valence-corrected chi connectivity index (χ4v) is 6.04. The van der Waals surface area contributed by atoms with Crippen LogP contribution in [0, 0.1) is 0 Å². The molecule has 8 nitrogen and oxygen atoms in total. The van der Waals surface area contributed by atoms with E-state index in [-0.39, 0.29) is 21.7 Å². The normalized spacial score (nSPS) is 24.7. The van der Waals surface area contributed by atoms with Crippen LogP contribution in [0.3, 0.4) is 0 Å². The minimum atomic E-state index is -4.21. The van der Waals surface area contributed by atoms with Gasteiger partial charge in [0.2, 0.25) is 0 Å². The van der Waals surface area contributed by atoms with Crippen LogP contribution in [0.15, 0.2) is 28.1 Å². The first-order valence-electron chi connectivity index (χ1n) is 8.86. The molecule has 154 valence electrons. The number of carbonyl (C=O) groups excluding carboxylic acids is 1. The van der Waals surface area contributed by atoms with Crippen molar-refractivity contribution in [3.05, 3.63) is 28.8 Å². The third kappa shape index (κ3) is 4.10. The maximum atomic E-state index is 12.7. The molecule has 1 aromatic rings. The molecule has 0 spiro atoms. The number of amides is 2. The number of urea groups is 1. The van der Waals surface area contributed by atoms with Crippen LogP contribution in [0.2, 0.25) is 5.02 Å². The Kier molecular flexibility index (Phi) is 6.14. The van der Waals surface area contributed by atoms with Crippen molar-refractivity contribution in [1.82, 2.24) is 14.9 Å². The Balaban J connectivity index is 1.85. The molecule has 28 heavy (non-hydrogen) atoms. The summed E-state index contributed by atoms with van der Waals surface area (Å²) in [6.45, 7) is 0. The Bertz CT molecular complexity index is 902. The van der Waals surface area contributed by atoms with Crippen molar-refractivity contribution >= 4 is 44.6 Å². The zero-order valence-electron chi connectivity index (χ0n) is 15.6. The van der Waals surface area contributed by atoms with Crippen molar-refractivity contribution in [2.24, 2.45) is 4.99 Å². The monoisotopic (exact) mass is 446 g/mol. The number of benzene rings is 1. The summed E-state index contributed by atoms with van der Waals surface area (Å²) >= 11 is 7.47. The van der Waals surface area contributed by atoms with Crippen LogP contribution in [-0.2, 0) is 15.7 Å². The fraction of sp³-hybridized carbons (Fsp3) is 0.529. The molecule has 3 N–H and O–H groups in total. The van der Waals surface area contributed by atoms with Gasteiger partial charge < -0.3 is 15.3 Å². The average molecular weight is 447 g/mol. The molecule has 1 aliphatic heterocycles. The van der Waals surface area contributed by atoms with Gasteiger partial charge >= 0.3 is 6.03 Å². The highest BCUT2D eigenvalue weighted by Gasteiger charge is 2.43. The standard InChI is InChI=1S/C17H23ClN4O4S2/c1-19-16-22(2)17(24,10-27-16)11-7-8-13(18)14(9-11)28(25,26)21-15(23)20-12-5-3-4-6-12/h7-9,12,24H,3-6,10H2,1-2H3,(H2,20,21,23). The molecule has 1 heterocycles. The molecule has 0 bridgehead atoms. The minimum Gasteiger partial charge on any atom is -0.366 e. The van der Waals surface area contributed by atoms with Crippen molar-refractivity contribution in [3.8, 4) is 0 Å².